The van der Waals surface area contributed by atoms with Crippen molar-refractivity contribution in [1.29, 1.82) is 0 Å². The van der Waals surface area contributed by atoms with Crippen LogP contribution in [0.5, 0.6) is 11.5 Å². The van der Waals surface area contributed by atoms with Crippen molar-refractivity contribution in [3.8, 4) is 11.5 Å². The summed E-state index contributed by atoms with van der Waals surface area (Å²) >= 11 is -1.32. The van der Waals surface area contributed by atoms with Gasteiger partial charge in [0.1, 0.15) is 11.5 Å². The number of imidazole rings is 1. The lowest BCUT2D eigenvalue weighted by Gasteiger charge is -2.14. The Morgan fingerprint density at radius 3 is 2.64 bits per heavy atom. The molecule has 3 aromatic rings. The van der Waals surface area contributed by atoms with E-state index in [0.29, 0.717) is 5.16 Å². The van der Waals surface area contributed by atoms with E-state index in [-0.39, 0.29) is 5.75 Å². The number of hydrogen-bond donors (Lipinski definition) is 0. The third-order valence-electron chi connectivity index (χ3n) is 4.27. The first kappa shape index (κ1) is 17.6. The number of methoxy groups -OCH3 is 2. The molecule has 0 saturated heterocycles. The Hall–Kier alpha value is -2.25. The molecule has 1 aromatic carbocycles. The van der Waals surface area contributed by atoms with Gasteiger partial charge in [0.15, 0.2) is 5.75 Å². The number of nitrogens with zero attached hydrogens (tertiary/aromatic N) is 3. The largest absolute Gasteiger partial charge is 0.609 e. The van der Waals surface area contributed by atoms with E-state index >= 15 is 0 Å². The fourth-order valence-corrected chi connectivity index (χ4v) is 4.17. The molecule has 132 valence electrons. The maximum Gasteiger partial charge on any atom is 0.324 e. The van der Waals surface area contributed by atoms with E-state index in [9.17, 15) is 4.55 Å². The highest BCUT2D eigenvalue weighted by molar-refractivity contribution is 7.90. The van der Waals surface area contributed by atoms with Crippen molar-refractivity contribution in [3.63, 3.8) is 0 Å². The van der Waals surface area contributed by atoms with Crippen LogP contribution in [0.15, 0.2) is 29.6 Å². The van der Waals surface area contributed by atoms with Crippen molar-refractivity contribution >= 4 is 22.2 Å². The highest BCUT2D eigenvalue weighted by Crippen LogP contribution is 2.28. The molecule has 7 heteroatoms. The molecule has 0 amide bonds. The quantitative estimate of drug-likeness (QED) is 0.655. The number of hydrogen-bond acceptors (Lipinski definition) is 5. The Morgan fingerprint density at radius 1 is 1.20 bits per heavy atom. The maximum absolute atomic E-state index is 12.9. The van der Waals surface area contributed by atoms with Crippen LogP contribution in [0.25, 0.3) is 11.0 Å². The Kier molecular flexibility index (Phi) is 4.87. The normalized spacial score (nSPS) is 12.4. The standard InChI is InChI=1S/C18H21N3O3S/c1-11-9-19-15(12(2)17(11)24-5)10-25(22)18-20-14-8-13(23-4)6-7-16(14)21(18)3/h6-9H,10H2,1-5H3/t25-/m1/s1. The van der Waals surface area contributed by atoms with Gasteiger partial charge in [-0.3, -0.25) is 9.55 Å². The van der Waals surface area contributed by atoms with Crippen LogP contribution in [0.1, 0.15) is 16.8 Å². The smallest absolute Gasteiger partial charge is 0.324 e. The molecule has 2 heterocycles. The Bertz CT molecular complexity index is 924. The summed E-state index contributed by atoms with van der Waals surface area (Å²) in [7, 11) is 5.11. The summed E-state index contributed by atoms with van der Waals surface area (Å²) in [5, 5.41) is 0.518. The second kappa shape index (κ2) is 6.93. The van der Waals surface area contributed by atoms with Gasteiger partial charge in [0, 0.05) is 41.6 Å². The summed E-state index contributed by atoms with van der Waals surface area (Å²) in [6.07, 6.45) is 1.75. The fourth-order valence-electron chi connectivity index (χ4n) is 2.89. The Morgan fingerprint density at radius 2 is 1.96 bits per heavy atom. The van der Waals surface area contributed by atoms with Crippen LogP contribution >= 0.6 is 0 Å². The molecule has 0 aliphatic heterocycles. The molecule has 3 rings (SSSR count). The van der Waals surface area contributed by atoms with E-state index in [1.807, 2.05) is 43.7 Å². The predicted molar refractivity (Wildman–Crippen MR) is 97.6 cm³/mol. The summed E-state index contributed by atoms with van der Waals surface area (Å²) < 4.78 is 25.4. The summed E-state index contributed by atoms with van der Waals surface area (Å²) in [5.74, 6) is 1.80. The lowest BCUT2D eigenvalue weighted by atomic mass is 10.1. The topological polar surface area (TPSA) is 72.2 Å². The molecule has 25 heavy (non-hydrogen) atoms. The van der Waals surface area contributed by atoms with Crippen LogP contribution in [0.4, 0.5) is 0 Å². The van der Waals surface area contributed by atoms with Crippen LogP contribution in [-0.4, -0.2) is 33.3 Å². The zero-order valence-electron chi connectivity index (χ0n) is 15.0. The molecule has 6 nitrogen and oxygen atoms in total. The van der Waals surface area contributed by atoms with Crippen LogP contribution in [0.3, 0.4) is 0 Å². The molecule has 0 saturated carbocycles. The van der Waals surface area contributed by atoms with Gasteiger partial charge in [-0.25, -0.2) is 0 Å². The van der Waals surface area contributed by atoms with Gasteiger partial charge in [-0.15, -0.1) is 0 Å². The van der Waals surface area contributed by atoms with E-state index in [1.54, 1.807) is 20.4 Å². The van der Waals surface area contributed by atoms with E-state index in [4.69, 9.17) is 9.47 Å². The van der Waals surface area contributed by atoms with Crippen LogP contribution in [0.2, 0.25) is 0 Å². The Labute approximate surface area is 150 Å². The van der Waals surface area contributed by atoms with Crippen molar-refractivity contribution in [2.45, 2.75) is 24.8 Å². The molecule has 0 aliphatic carbocycles. The van der Waals surface area contributed by atoms with Gasteiger partial charge in [-0.1, -0.05) is 0 Å². The van der Waals surface area contributed by atoms with Crippen molar-refractivity contribution in [1.82, 2.24) is 14.5 Å². The molecule has 1 atom stereocenters. The molecule has 2 aromatic heterocycles. The molecule has 0 unspecified atom stereocenters. The second-order valence-electron chi connectivity index (χ2n) is 5.84. The first-order valence-corrected chi connectivity index (χ1v) is 9.16. The minimum atomic E-state index is -1.32. The number of aromatic nitrogens is 3. The molecule has 0 aliphatic rings. The van der Waals surface area contributed by atoms with Crippen molar-refractivity contribution in [2.24, 2.45) is 7.05 Å². The third-order valence-corrected chi connectivity index (χ3v) is 5.58. The number of aryl methyl sites for hydroxylation is 2. The van der Waals surface area contributed by atoms with Gasteiger partial charge < -0.3 is 14.0 Å². The van der Waals surface area contributed by atoms with Crippen LogP contribution < -0.4 is 9.47 Å². The van der Waals surface area contributed by atoms with Gasteiger partial charge in [0.25, 0.3) is 0 Å². The SMILES string of the molecule is COc1ccc2c(c1)nc([S@+]([O-])Cc1ncc(C)c(OC)c1C)n2C. The van der Waals surface area contributed by atoms with Crippen molar-refractivity contribution in [2.75, 3.05) is 14.2 Å². The van der Waals surface area contributed by atoms with E-state index in [0.717, 1.165) is 39.4 Å². The average molecular weight is 359 g/mol. The van der Waals surface area contributed by atoms with Crippen LogP contribution in [0, 0.1) is 13.8 Å². The molecule has 0 spiro atoms. The molecule has 0 bridgehead atoms. The zero-order chi connectivity index (χ0) is 18.1. The third kappa shape index (κ3) is 3.17. The zero-order valence-corrected chi connectivity index (χ0v) is 15.8. The number of fused-ring (bicyclic) bond motifs is 1. The van der Waals surface area contributed by atoms with Gasteiger partial charge in [0.05, 0.1) is 30.9 Å². The van der Waals surface area contributed by atoms with Crippen molar-refractivity contribution in [3.05, 3.63) is 41.2 Å². The van der Waals surface area contributed by atoms with E-state index < -0.39 is 11.2 Å². The average Bonchev–Trinajstić information content (AvgIpc) is 2.94. The van der Waals surface area contributed by atoms with Gasteiger partial charge in [-0.05, 0) is 26.0 Å². The highest BCUT2D eigenvalue weighted by Gasteiger charge is 2.23. The first-order chi connectivity index (χ1) is 12.0. The summed E-state index contributed by atoms with van der Waals surface area (Å²) in [5.41, 5.74) is 4.30. The lowest BCUT2D eigenvalue weighted by Crippen LogP contribution is -2.13. The maximum atomic E-state index is 12.9. The minimum absolute atomic E-state index is 0.288. The number of pyridine rings is 1. The molecular formula is C18H21N3O3S. The molecular weight excluding hydrogens is 338 g/mol. The summed E-state index contributed by atoms with van der Waals surface area (Å²) in [6.45, 7) is 3.88. The Balaban J connectivity index is 1.95. The minimum Gasteiger partial charge on any atom is -0.609 e. The number of benzene rings is 1. The van der Waals surface area contributed by atoms with Gasteiger partial charge in [0.2, 0.25) is 0 Å². The van der Waals surface area contributed by atoms with Gasteiger partial charge in [-0.2, -0.15) is 4.98 Å². The lowest BCUT2D eigenvalue weighted by molar-refractivity contribution is 0.407. The summed E-state index contributed by atoms with van der Waals surface area (Å²) in [4.78, 5) is 8.96. The summed E-state index contributed by atoms with van der Waals surface area (Å²) in [6, 6.07) is 5.63. The molecule has 0 radical (unpaired) electrons. The van der Waals surface area contributed by atoms with Crippen molar-refractivity contribution < 1.29 is 14.0 Å². The fraction of sp³-hybridized carbons (Fsp3) is 0.333. The molecule has 0 fully saturated rings. The first-order valence-electron chi connectivity index (χ1n) is 7.84. The van der Waals surface area contributed by atoms with Gasteiger partial charge >= 0.3 is 5.16 Å². The monoisotopic (exact) mass is 359 g/mol. The molecule has 0 N–H and O–H groups in total. The number of rotatable bonds is 5. The highest BCUT2D eigenvalue weighted by atomic mass is 32.2. The second-order valence-corrected chi connectivity index (χ2v) is 7.19. The number of ether oxygens (including phenoxy) is 2. The van der Waals surface area contributed by atoms with Crippen LogP contribution in [-0.2, 0) is 24.0 Å². The predicted octanol–water partition coefficient (Wildman–Crippen LogP) is 2.91. The van der Waals surface area contributed by atoms with E-state index in [2.05, 4.69) is 9.97 Å². The van der Waals surface area contributed by atoms with E-state index in [1.165, 1.54) is 0 Å².